The highest BCUT2D eigenvalue weighted by atomic mass is 79.9. The summed E-state index contributed by atoms with van der Waals surface area (Å²) in [6.07, 6.45) is 4.59. The molecule has 1 N–H and O–H groups in total. The van der Waals surface area contributed by atoms with Gasteiger partial charge in [-0.15, -0.1) is 0 Å². The molecule has 2 aliphatic carbocycles. The van der Waals surface area contributed by atoms with Crippen molar-refractivity contribution >= 4 is 27.7 Å². The lowest BCUT2D eigenvalue weighted by Crippen LogP contribution is -2.36. The summed E-state index contributed by atoms with van der Waals surface area (Å²) in [4.78, 5) is 27.9. The van der Waals surface area contributed by atoms with Crippen LogP contribution in [0, 0.1) is 0 Å². The van der Waals surface area contributed by atoms with Gasteiger partial charge in [0.1, 0.15) is 6.10 Å². The number of allylic oxidation sites excluding steroid dienone is 3. The van der Waals surface area contributed by atoms with Crippen LogP contribution in [0.2, 0.25) is 0 Å². The van der Waals surface area contributed by atoms with E-state index in [1.165, 1.54) is 0 Å². The molecule has 218 valence electrons. The Balaban J connectivity index is 1.59. The number of carbonyl (C=O) groups excluding carboxylic acids is 2. The van der Waals surface area contributed by atoms with Gasteiger partial charge in [-0.3, -0.25) is 4.79 Å². The van der Waals surface area contributed by atoms with Crippen LogP contribution in [0.25, 0.3) is 0 Å². The SMILES string of the molecule is COc1ccc([C@@H]2CC(=O)C3=C(C2)NC(C)=C(C(=O)OC2CCCC2)[C@@H]3c2cc(OC)c(OC)cc2Br)cc1OC. The normalized spacial score (nSPS) is 20.9. The Hall–Kier alpha value is -3.46. The predicted molar refractivity (Wildman–Crippen MR) is 158 cm³/mol. The maximum absolute atomic E-state index is 14.1. The summed E-state index contributed by atoms with van der Waals surface area (Å²) in [6, 6.07) is 9.42. The third-order valence-corrected chi connectivity index (χ3v) is 9.00. The first-order chi connectivity index (χ1) is 19.8. The molecule has 0 amide bonds. The number of Topliss-reactive ketones (excluding diaryl/α,β-unsaturated/α-hetero) is 1. The molecule has 5 rings (SSSR count). The standard InChI is InChI=1S/C32H36BrNO7/c1-17-29(32(36)41-20-8-6-7-9-20)30(21-15-27(39-4)28(40-5)16-22(21)33)31-23(34-17)12-19(13-24(31)35)18-10-11-25(37-2)26(14-18)38-3/h10-11,14-16,19-20,30,34H,6-9,12-13H2,1-5H3/t19-,30-/m0/s1. The van der Waals surface area contributed by atoms with Crippen molar-refractivity contribution < 1.29 is 33.3 Å². The van der Waals surface area contributed by atoms with E-state index in [4.69, 9.17) is 23.7 Å². The number of ketones is 1. The van der Waals surface area contributed by atoms with Crippen molar-refractivity contribution in [3.63, 3.8) is 0 Å². The number of esters is 1. The van der Waals surface area contributed by atoms with E-state index >= 15 is 0 Å². The van der Waals surface area contributed by atoms with Crippen LogP contribution in [-0.4, -0.2) is 46.3 Å². The Bertz CT molecular complexity index is 1420. The average molecular weight is 627 g/mol. The van der Waals surface area contributed by atoms with Crippen molar-refractivity contribution in [2.45, 2.75) is 63.4 Å². The molecular formula is C32H36BrNO7. The Morgan fingerprint density at radius 1 is 0.878 bits per heavy atom. The Labute approximate surface area is 249 Å². The zero-order chi connectivity index (χ0) is 29.3. The van der Waals surface area contributed by atoms with Crippen molar-refractivity contribution in [2.24, 2.45) is 0 Å². The number of rotatable bonds is 8. The largest absolute Gasteiger partial charge is 0.493 e. The molecule has 2 aromatic rings. The second-order valence-corrected chi connectivity index (χ2v) is 11.5. The lowest BCUT2D eigenvalue weighted by Gasteiger charge is -2.37. The van der Waals surface area contributed by atoms with Gasteiger partial charge in [0.15, 0.2) is 28.8 Å². The van der Waals surface area contributed by atoms with Crippen LogP contribution < -0.4 is 24.3 Å². The second-order valence-electron chi connectivity index (χ2n) is 10.7. The van der Waals surface area contributed by atoms with Crippen LogP contribution in [0.5, 0.6) is 23.0 Å². The van der Waals surface area contributed by atoms with Crippen molar-refractivity contribution in [2.75, 3.05) is 28.4 Å². The summed E-state index contributed by atoms with van der Waals surface area (Å²) in [5.74, 6) is 1.20. The van der Waals surface area contributed by atoms with E-state index in [0.29, 0.717) is 57.2 Å². The van der Waals surface area contributed by atoms with Gasteiger partial charge in [-0.05, 0) is 80.3 Å². The van der Waals surface area contributed by atoms with Gasteiger partial charge in [0.05, 0.1) is 34.0 Å². The molecule has 8 nitrogen and oxygen atoms in total. The quantitative estimate of drug-likeness (QED) is 0.340. The molecule has 0 aromatic heterocycles. The Morgan fingerprint density at radius 2 is 1.51 bits per heavy atom. The minimum absolute atomic E-state index is 0.0242. The number of halogens is 1. The van der Waals surface area contributed by atoms with Crippen molar-refractivity contribution in [3.8, 4) is 23.0 Å². The maximum atomic E-state index is 14.1. The molecule has 1 fully saturated rings. The minimum Gasteiger partial charge on any atom is -0.493 e. The lowest BCUT2D eigenvalue weighted by atomic mass is 9.71. The summed E-state index contributed by atoms with van der Waals surface area (Å²) in [6.45, 7) is 1.88. The van der Waals surface area contributed by atoms with Crippen molar-refractivity contribution in [3.05, 3.63) is 68.5 Å². The minimum atomic E-state index is -0.631. The zero-order valence-electron chi connectivity index (χ0n) is 24.1. The van der Waals surface area contributed by atoms with Gasteiger partial charge >= 0.3 is 5.97 Å². The van der Waals surface area contributed by atoms with Gasteiger partial charge in [0.25, 0.3) is 0 Å². The molecule has 2 aromatic carbocycles. The summed E-state index contributed by atoms with van der Waals surface area (Å²) in [7, 11) is 6.34. The molecule has 2 atom stereocenters. The van der Waals surface area contributed by atoms with Crippen LogP contribution in [0.15, 0.2) is 57.3 Å². The van der Waals surface area contributed by atoms with Crippen molar-refractivity contribution in [1.29, 1.82) is 0 Å². The first kappa shape index (κ1) is 29.0. The van der Waals surface area contributed by atoms with E-state index in [1.54, 1.807) is 28.4 Å². The van der Waals surface area contributed by atoms with Crippen LogP contribution >= 0.6 is 15.9 Å². The van der Waals surface area contributed by atoms with Gasteiger partial charge < -0.3 is 29.0 Å². The molecule has 1 aliphatic heterocycles. The van der Waals surface area contributed by atoms with E-state index in [2.05, 4.69) is 21.2 Å². The number of carbonyl (C=O) groups is 2. The topological polar surface area (TPSA) is 92.3 Å². The number of hydrogen-bond donors (Lipinski definition) is 1. The van der Waals surface area contributed by atoms with Gasteiger partial charge in [0.2, 0.25) is 0 Å². The molecule has 0 bridgehead atoms. The molecule has 0 radical (unpaired) electrons. The summed E-state index contributed by atoms with van der Waals surface area (Å²) in [5.41, 5.74) is 4.25. The number of nitrogens with one attached hydrogen (secondary N) is 1. The average Bonchev–Trinajstić information content (AvgIpc) is 3.48. The number of ether oxygens (including phenoxy) is 5. The third-order valence-electron chi connectivity index (χ3n) is 8.32. The Kier molecular flexibility index (Phi) is 8.63. The van der Waals surface area contributed by atoms with E-state index in [0.717, 1.165) is 42.5 Å². The van der Waals surface area contributed by atoms with Gasteiger partial charge in [0, 0.05) is 33.8 Å². The lowest BCUT2D eigenvalue weighted by molar-refractivity contribution is -0.144. The van der Waals surface area contributed by atoms with Gasteiger partial charge in [-0.2, -0.15) is 0 Å². The molecule has 0 spiro atoms. The van der Waals surface area contributed by atoms with Crippen molar-refractivity contribution in [1.82, 2.24) is 5.32 Å². The van der Waals surface area contributed by atoms with E-state index in [9.17, 15) is 9.59 Å². The highest BCUT2D eigenvalue weighted by Crippen LogP contribution is 2.49. The number of hydrogen-bond acceptors (Lipinski definition) is 8. The molecule has 41 heavy (non-hydrogen) atoms. The molecule has 0 saturated heterocycles. The summed E-state index contributed by atoms with van der Waals surface area (Å²) >= 11 is 3.70. The summed E-state index contributed by atoms with van der Waals surface area (Å²) < 4.78 is 28.7. The van der Waals surface area contributed by atoms with Crippen LogP contribution in [0.4, 0.5) is 0 Å². The van der Waals surface area contributed by atoms with E-state index < -0.39 is 11.9 Å². The first-order valence-electron chi connectivity index (χ1n) is 13.9. The zero-order valence-corrected chi connectivity index (χ0v) is 25.7. The van der Waals surface area contributed by atoms with Crippen LogP contribution in [-0.2, 0) is 14.3 Å². The maximum Gasteiger partial charge on any atom is 0.337 e. The molecule has 0 unspecified atom stereocenters. The summed E-state index contributed by atoms with van der Waals surface area (Å²) in [5, 5.41) is 3.44. The smallest absolute Gasteiger partial charge is 0.337 e. The fraction of sp³-hybridized carbons (Fsp3) is 0.438. The van der Waals surface area contributed by atoms with Gasteiger partial charge in [-0.1, -0.05) is 22.0 Å². The highest BCUT2D eigenvalue weighted by Gasteiger charge is 2.43. The van der Waals surface area contributed by atoms with E-state index in [-0.39, 0.29) is 17.8 Å². The predicted octanol–water partition coefficient (Wildman–Crippen LogP) is 6.33. The van der Waals surface area contributed by atoms with Gasteiger partial charge in [-0.25, -0.2) is 4.79 Å². The number of methoxy groups -OCH3 is 4. The fourth-order valence-corrected chi connectivity index (χ4v) is 6.83. The molecule has 1 saturated carbocycles. The fourth-order valence-electron chi connectivity index (χ4n) is 6.28. The highest BCUT2D eigenvalue weighted by molar-refractivity contribution is 9.10. The Morgan fingerprint density at radius 3 is 2.17 bits per heavy atom. The molecular weight excluding hydrogens is 590 g/mol. The molecule has 3 aliphatic rings. The van der Waals surface area contributed by atoms with E-state index in [1.807, 2.05) is 37.3 Å². The molecule has 1 heterocycles. The second kappa shape index (κ2) is 12.2. The first-order valence-corrected chi connectivity index (χ1v) is 14.7. The number of dihydropyridines is 1. The van der Waals surface area contributed by atoms with Crippen LogP contribution in [0.3, 0.4) is 0 Å². The monoisotopic (exact) mass is 625 g/mol. The van der Waals surface area contributed by atoms with Crippen LogP contribution in [0.1, 0.15) is 68.4 Å². The third kappa shape index (κ3) is 5.56. The number of benzene rings is 2. The molecule has 9 heteroatoms.